The Kier molecular flexibility index (Phi) is 4.25. The van der Waals surface area contributed by atoms with E-state index in [1.54, 1.807) is 11.3 Å². The van der Waals surface area contributed by atoms with Crippen molar-refractivity contribution in [1.29, 1.82) is 0 Å². The number of hydrogen-bond donors (Lipinski definition) is 1. The average Bonchev–Trinajstić information content (AvgIpc) is 2.71. The molecule has 0 aliphatic heterocycles. The minimum atomic E-state index is 0.438. The standard InChI is InChI=1S/C13H14BrNOS2/c1-7(2)6-16-9-3-8-4-11(13(15)17)18-12(8)10(14)5-9/h3-5,7H,6H2,1-2H3,(H2,15,17). The molecule has 18 heavy (non-hydrogen) atoms. The zero-order chi connectivity index (χ0) is 13.3. The highest BCUT2D eigenvalue weighted by Gasteiger charge is 2.09. The van der Waals surface area contributed by atoms with E-state index in [1.807, 2.05) is 18.2 Å². The molecule has 0 saturated heterocycles. The number of rotatable bonds is 4. The summed E-state index contributed by atoms with van der Waals surface area (Å²) < 4.78 is 7.90. The Morgan fingerprint density at radius 1 is 1.44 bits per heavy atom. The van der Waals surface area contributed by atoms with Crippen molar-refractivity contribution in [3.05, 3.63) is 27.5 Å². The highest BCUT2D eigenvalue weighted by molar-refractivity contribution is 9.10. The zero-order valence-corrected chi connectivity index (χ0v) is 13.4. The Labute approximate surface area is 124 Å². The van der Waals surface area contributed by atoms with Gasteiger partial charge in [-0.3, -0.25) is 0 Å². The van der Waals surface area contributed by atoms with Crippen LogP contribution in [0.25, 0.3) is 10.1 Å². The largest absolute Gasteiger partial charge is 0.493 e. The lowest BCUT2D eigenvalue weighted by Crippen LogP contribution is -2.06. The first-order chi connectivity index (χ1) is 8.47. The molecular weight excluding hydrogens is 330 g/mol. The molecule has 1 aromatic heterocycles. The van der Waals surface area contributed by atoms with E-state index in [0.29, 0.717) is 17.5 Å². The van der Waals surface area contributed by atoms with Crippen molar-refractivity contribution in [3.63, 3.8) is 0 Å². The molecule has 96 valence electrons. The van der Waals surface area contributed by atoms with Gasteiger partial charge in [0, 0.05) is 9.17 Å². The van der Waals surface area contributed by atoms with E-state index in [4.69, 9.17) is 22.7 Å². The first-order valence-electron chi connectivity index (χ1n) is 5.63. The summed E-state index contributed by atoms with van der Waals surface area (Å²) in [6, 6.07) is 6.03. The van der Waals surface area contributed by atoms with Crippen molar-refractivity contribution in [2.24, 2.45) is 11.7 Å². The molecule has 2 rings (SSSR count). The third kappa shape index (κ3) is 3.02. The van der Waals surface area contributed by atoms with Crippen LogP contribution >= 0.6 is 39.5 Å². The molecule has 1 heterocycles. The molecule has 0 aliphatic carbocycles. The van der Waals surface area contributed by atoms with Gasteiger partial charge in [-0.15, -0.1) is 11.3 Å². The van der Waals surface area contributed by atoms with Crippen molar-refractivity contribution in [1.82, 2.24) is 0 Å². The second-order valence-corrected chi connectivity index (χ2v) is 6.85. The third-order valence-corrected chi connectivity index (χ3v) is 4.83. The lowest BCUT2D eigenvalue weighted by atomic mass is 10.2. The number of hydrogen-bond acceptors (Lipinski definition) is 3. The molecule has 0 radical (unpaired) electrons. The molecule has 0 bridgehead atoms. The summed E-state index contributed by atoms with van der Waals surface area (Å²) in [5.74, 6) is 1.38. The van der Waals surface area contributed by atoms with Crippen LogP contribution in [0.15, 0.2) is 22.7 Å². The molecular formula is C13H14BrNOS2. The van der Waals surface area contributed by atoms with E-state index in [1.165, 1.54) is 0 Å². The normalized spacial score (nSPS) is 11.1. The molecule has 1 aromatic carbocycles. The minimum absolute atomic E-state index is 0.438. The molecule has 2 nitrogen and oxygen atoms in total. The molecule has 0 atom stereocenters. The van der Waals surface area contributed by atoms with Crippen LogP contribution in [0.2, 0.25) is 0 Å². The van der Waals surface area contributed by atoms with Gasteiger partial charge in [0.05, 0.1) is 11.5 Å². The molecule has 0 aliphatic rings. The van der Waals surface area contributed by atoms with Crippen LogP contribution in [-0.4, -0.2) is 11.6 Å². The Balaban J connectivity index is 2.38. The van der Waals surface area contributed by atoms with E-state index in [0.717, 1.165) is 25.2 Å². The number of ether oxygens (including phenoxy) is 1. The predicted molar refractivity (Wildman–Crippen MR) is 85.7 cm³/mol. The number of benzene rings is 1. The van der Waals surface area contributed by atoms with Gasteiger partial charge in [-0.2, -0.15) is 0 Å². The summed E-state index contributed by atoms with van der Waals surface area (Å²) in [4.78, 5) is 1.37. The fourth-order valence-corrected chi connectivity index (χ4v) is 3.33. The van der Waals surface area contributed by atoms with Crippen molar-refractivity contribution >= 4 is 54.6 Å². The monoisotopic (exact) mass is 343 g/mol. The topological polar surface area (TPSA) is 35.2 Å². The van der Waals surface area contributed by atoms with Gasteiger partial charge in [0.15, 0.2) is 0 Å². The summed E-state index contributed by atoms with van der Waals surface area (Å²) in [6.07, 6.45) is 0. The molecule has 0 amide bonds. The molecule has 0 unspecified atom stereocenters. The summed E-state index contributed by atoms with van der Waals surface area (Å²) in [5, 5.41) is 1.11. The van der Waals surface area contributed by atoms with Crippen LogP contribution in [0.5, 0.6) is 5.75 Å². The molecule has 0 spiro atoms. The van der Waals surface area contributed by atoms with Gasteiger partial charge >= 0.3 is 0 Å². The summed E-state index contributed by atoms with van der Waals surface area (Å²) in [7, 11) is 0. The van der Waals surface area contributed by atoms with Crippen molar-refractivity contribution in [2.75, 3.05) is 6.61 Å². The van der Waals surface area contributed by atoms with E-state index in [2.05, 4.69) is 29.8 Å². The summed E-state index contributed by atoms with van der Waals surface area (Å²) >= 11 is 10.2. The number of thiophene rings is 1. The Morgan fingerprint density at radius 2 is 2.17 bits per heavy atom. The third-order valence-electron chi connectivity index (χ3n) is 2.37. The van der Waals surface area contributed by atoms with Crippen LogP contribution in [0.3, 0.4) is 0 Å². The number of halogens is 1. The molecule has 0 fully saturated rings. The van der Waals surface area contributed by atoms with Gasteiger partial charge in [0.1, 0.15) is 10.7 Å². The maximum atomic E-state index is 5.74. The number of nitrogens with two attached hydrogens (primary N) is 1. The summed E-state index contributed by atoms with van der Waals surface area (Å²) in [6.45, 7) is 4.97. The van der Waals surface area contributed by atoms with Crippen LogP contribution < -0.4 is 10.5 Å². The van der Waals surface area contributed by atoms with Crippen molar-refractivity contribution < 1.29 is 4.74 Å². The van der Waals surface area contributed by atoms with E-state index in [-0.39, 0.29) is 0 Å². The Morgan fingerprint density at radius 3 is 2.78 bits per heavy atom. The van der Waals surface area contributed by atoms with E-state index >= 15 is 0 Å². The van der Waals surface area contributed by atoms with Gasteiger partial charge in [-0.25, -0.2) is 0 Å². The van der Waals surface area contributed by atoms with Crippen LogP contribution in [0, 0.1) is 5.92 Å². The fraction of sp³-hybridized carbons (Fsp3) is 0.308. The smallest absolute Gasteiger partial charge is 0.121 e. The predicted octanol–water partition coefficient (Wildman–Crippen LogP) is 4.33. The van der Waals surface area contributed by atoms with Gasteiger partial charge in [0.2, 0.25) is 0 Å². The molecule has 2 aromatic rings. The molecule has 5 heteroatoms. The Bertz CT molecular complexity index is 592. The van der Waals surface area contributed by atoms with E-state index in [9.17, 15) is 0 Å². The quantitative estimate of drug-likeness (QED) is 0.839. The maximum absolute atomic E-state index is 5.74. The number of thiocarbonyl (C=S) groups is 1. The lowest BCUT2D eigenvalue weighted by Gasteiger charge is -2.09. The first kappa shape index (κ1) is 13.8. The minimum Gasteiger partial charge on any atom is -0.493 e. The highest BCUT2D eigenvalue weighted by atomic mass is 79.9. The van der Waals surface area contributed by atoms with Crippen molar-refractivity contribution in [3.8, 4) is 5.75 Å². The second-order valence-electron chi connectivity index (χ2n) is 4.50. The first-order valence-corrected chi connectivity index (χ1v) is 7.65. The van der Waals surface area contributed by atoms with Gasteiger partial charge in [-0.1, -0.05) is 26.1 Å². The average molecular weight is 344 g/mol. The summed E-state index contributed by atoms with van der Waals surface area (Å²) in [5.41, 5.74) is 5.66. The van der Waals surface area contributed by atoms with Crippen molar-refractivity contribution in [2.45, 2.75) is 13.8 Å². The van der Waals surface area contributed by atoms with Gasteiger partial charge in [-0.05, 0) is 45.4 Å². The zero-order valence-electron chi connectivity index (χ0n) is 10.2. The fourth-order valence-electron chi connectivity index (χ4n) is 1.55. The molecule has 0 saturated carbocycles. The second kappa shape index (κ2) is 5.55. The van der Waals surface area contributed by atoms with Crippen LogP contribution in [0.4, 0.5) is 0 Å². The highest BCUT2D eigenvalue weighted by Crippen LogP contribution is 2.35. The molecule has 2 N–H and O–H groups in total. The Hall–Kier alpha value is -0.650. The lowest BCUT2D eigenvalue weighted by molar-refractivity contribution is 0.271. The maximum Gasteiger partial charge on any atom is 0.121 e. The SMILES string of the molecule is CC(C)COc1cc(Br)c2sc(C(N)=S)cc2c1. The van der Waals surface area contributed by atoms with E-state index < -0.39 is 0 Å². The van der Waals surface area contributed by atoms with Crippen LogP contribution in [-0.2, 0) is 0 Å². The van der Waals surface area contributed by atoms with Gasteiger partial charge in [0.25, 0.3) is 0 Å². The van der Waals surface area contributed by atoms with Gasteiger partial charge < -0.3 is 10.5 Å². The number of fused-ring (bicyclic) bond motifs is 1. The van der Waals surface area contributed by atoms with Crippen LogP contribution in [0.1, 0.15) is 18.7 Å².